The Kier molecular flexibility index (Phi) is 5.87. The minimum atomic E-state index is 0.371. The third-order valence-electron chi connectivity index (χ3n) is 4.53. The summed E-state index contributed by atoms with van der Waals surface area (Å²) in [6, 6.07) is 20.4. The van der Waals surface area contributed by atoms with Crippen LogP contribution in [0.15, 0.2) is 72.0 Å². The maximum atomic E-state index is 6.04. The molecule has 2 aromatic carbocycles. The molecule has 0 bridgehead atoms. The minimum Gasteiger partial charge on any atom is -0.483 e. The van der Waals surface area contributed by atoms with Gasteiger partial charge in [0.2, 0.25) is 0 Å². The van der Waals surface area contributed by atoms with Crippen LogP contribution >= 0.6 is 11.8 Å². The van der Waals surface area contributed by atoms with Crippen molar-refractivity contribution >= 4 is 22.7 Å². The summed E-state index contributed by atoms with van der Waals surface area (Å²) in [6.07, 6.45) is 2.79. The van der Waals surface area contributed by atoms with Crippen LogP contribution in [-0.4, -0.2) is 25.5 Å². The summed E-state index contributed by atoms with van der Waals surface area (Å²) in [5, 5.41) is 10.7. The molecular formula is C22H22N4OS. The zero-order valence-electron chi connectivity index (χ0n) is 15.8. The van der Waals surface area contributed by atoms with Crippen molar-refractivity contribution in [1.82, 2.24) is 19.7 Å². The van der Waals surface area contributed by atoms with E-state index >= 15 is 0 Å². The Morgan fingerprint density at radius 1 is 0.964 bits per heavy atom. The summed E-state index contributed by atoms with van der Waals surface area (Å²) in [4.78, 5) is 4.44. The smallest absolute Gasteiger partial charge is 0.191 e. The van der Waals surface area contributed by atoms with Crippen LogP contribution in [0.3, 0.4) is 0 Å². The molecule has 4 rings (SSSR count). The molecule has 2 aromatic heterocycles. The second-order valence-corrected chi connectivity index (χ2v) is 7.41. The van der Waals surface area contributed by atoms with Crippen molar-refractivity contribution in [3.8, 4) is 5.75 Å². The van der Waals surface area contributed by atoms with Gasteiger partial charge in [0.05, 0.1) is 0 Å². The number of aryl methyl sites for hydroxylation is 1. The Labute approximate surface area is 168 Å². The Morgan fingerprint density at radius 2 is 1.82 bits per heavy atom. The van der Waals surface area contributed by atoms with E-state index in [1.165, 1.54) is 5.56 Å². The molecule has 6 heteroatoms. The van der Waals surface area contributed by atoms with Gasteiger partial charge in [0.1, 0.15) is 17.9 Å². The van der Waals surface area contributed by atoms with E-state index in [1.54, 1.807) is 18.0 Å². The zero-order valence-corrected chi connectivity index (χ0v) is 16.6. The van der Waals surface area contributed by atoms with E-state index < -0.39 is 0 Å². The van der Waals surface area contributed by atoms with E-state index in [2.05, 4.69) is 50.9 Å². The number of para-hydroxylation sites is 1. The monoisotopic (exact) mass is 390 g/mol. The molecule has 0 radical (unpaired) electrons. The third kappa shape index (κ3) is 4.17. The maximum Gasteiger partial charge on any atom is 0.191 e. The minimum absolute atomic E-state index is 0.371. The molecule has 0 saturated carbocycles. The molecule has 142 valence electrons. The summed E-state index contributed by atoms with van der Waals surface area (Å²) in [6.45, 7) is 3.29. The molecule has 0 amide bonds. The fraction of sp³-hybridized carbons (Fsp3) is 0.227. The molecule has 0 atom stereocenters. The Balaban J connectivity index is 1.42. The van der Waals surface area contributed by atoms with Crippen LogP contribution in [0, 0.1) is 0 Å². The molecule has 0 fully saturated rings. The summed E-state index contributed by atoms with van der Waals surface area (Å²) in [5.41, 5.74) is 2.20. The van der Waals surface area contributed by atoms with Crippen molar-refractivity contribution in [3.05, 3.63) is 78.2 Å². The van der Waals surface area contributed by atoms with Crippen LogP contribution in [0.5, 0.6) is 5.75 Å². The Bertz CT molecular complexity index is 1040. The highest BCUT2D eigenvalue weighted by Gasteiger charge is 2.13. The lowest BCUT2D eigenvalue weighted by Crippen LogP contribution is -2.07. The molecule has 0 aliphatic carbocycles. The number of pyridine rings is 1. The van der Waals surface area contributed by atoms with E-state index in [-0.39, 0.29) is 0 Å². The number of hydrogen-bond donors (Lipinski definition) is 0. The fourth-order valence-corrected chi connectivity index (χ4v) is 4.10. The number of hydrogen-bond acceptors (Lipinski definition) is 5. The van der Waals surface area contributed by atoms with Gasteiger partial charge < -0.3 is 9.30 Å². The first-order valence-corrected chi connectivity index (χ1v) is 10.4. The average Bonchev–Trinajstić information content (AvgIpc) is 3.14. The van der Waals surface area contributed by atoms with E-state index in [0.29, 0.717) is 6.61 Å². The third-order valence-corrected chi connectivity index (χ3v) is 5.50. The van der Waals surface area contributed by atoms with Crippen molar-refractivity contribution in [3.63, 3.8) is 0 Å². The highest BCUT2D eigenvalue weighted by molar-refractivity contribution is 7.99. The SMILES string of the molecule is CCn1c(COc2cccc3cccnc23)nnc1SCCc1ccccc1. The van der Waals surface area contributed by atoms with Crippen LogP contribution in [0.4, 0.5) is 0 Å². The molecular weight excluding hydrogens is 368 g/mol. The predicted octanol–water partition coefficient (Wildman–Crippen LogP) is 4.76. The molecule has 0 saturated heterocycles. The van der Waals surface area contributed by atoms with Gasteiger partial charge in [-0.2, -0.15) is 0 Å². The first-order valence-electron chi connectivity index (χ1n) is 9.40. The highest BCUT2D eigenvalue weighted by Crippen LogP contribution is 2.24. The van der Waals surface area contributed by atoms with Gasteiger partial charge in [-0.1, -0.05) is 60.3 Å². The molecule has 0 unspecified atom stereocenters. The number of aromatic nitrogens is 4. The lowest BCUT2D eigenvalue weighted by atomic mass is 10.2. The van der Waals surface area contributed by atoms with Gasteiger partial charge in [0, 0.05) is 23.9 Å². The van der Waals surface area contributed by atoms with Crippen LogP contribution < -0.4 is 4.74 Å². The van der Waals surface area contributed by atoms with Gasteiger partial charge in [-0.05, 0) is 31.0 Å². The molecule has 28 heavy (non-hydrogen) atoms. The normalized spacial score (nSPS) is 11.0. The van der Waals surface area contributed by atoms with Crippen LogP contribution in [-0.2, 0) is 19.6 Å². The van der Waals surface area contributed by atoms with Crippen molar-refractivity contribution in [2.45, 2.75) is 31.7 Å². The van der Waals surface area contributed by atoms with E-state index in [0.717, 1.165) is 46.4 Å². The lowest BCUT2D eigenvalue weighted by Gasteiger charge is -2.10. The number of fused-ring (bicyclic) bond motifs is 1. The molecule has 0 N–H and O–H groups in total. The molecule has 2 heterocycles. The zero-order chi connectivity index (χ0) is 19.2. The summed E-state index contributed by atoms with van der Waals surface area (Å²) in [7, 11) is 0. The van der Waals surface area contributed by atoms with Crippen molar-refractivity contribution < 1.29 is 4.74 Å². The first-order chi connectivity index (χ1) is 13.8. The van der Waals surface area contributed by atoms with Crippen LogP contribution in [0.2, 0.25) is 0 Å². The van der Waals surface area contributed by atoms with Gasteiger partial charge >= 0.3 is 0 Å². The van der Waals surface area contributed by atoms with Crippen molar-refractivity contribution in [2.75, 3.05) is 5.75 Å². The molecule has 0 spiro atoms. The predicted molar refractivity (Wildman–Crippen MR) is 113 cm³/mol. The second-order valence-electron chi connectivity index (χ2n) is 6.35. The van der Waals surface area contributed by atoms with Gasteiger partial charge in [0.15, 0.2) is 11.0 Å². The standard InChI is InChI=1S/C22H22N4OS/c1-2-26-20(16-27-19-12-6-10-18-11-7-14-23-21(18)19)24-25-22(26)28-15-13-17-8-4-3-5-9-17/h3-12,14H,2,13,15-16H2,1H3. The second kappa shape index (κ2) is 8.89. The molecule has 4 aromatic rings. The van der Waals surface area contributed by atoms with E-state index in [4.69, 9.17) is 4.74 Å². The highest BCUT2D eigenvalue weighted by atomic mass is 32.2. The molecule has 0 aliphatic rings. The van der Waals surface area contributed by atoms with Crippen molar-refractivity contribution in [1.29, 1.82) is 0 Å². The molecule has 0 aliphatic heterocycles. The maximum absolute atomic E-state index is 6.04. The molecule has 5 nitrogen and oxygen atoms in total. The van der Waals surface area contributed by atoms with Crippen LogP contribution in [0.1, 0.15) is 18.3 Å². The lowest BCUT2D eigenvalue weighted by molar-refractivity contribution is 0.291. The summed E-state index contributed by atoms with van der Waals surface area (Å²) < 4.78 is 8.16. The summed E-state index contributed by atoms with van der Waals surface area (Å²) >= 11 is 1.73. The fourth-order valence-electron chi connectivity index (χ4n) is 3.09. The van der Waals surface area contributed by atoms with E-state index in [1.807, 2.05) is 36.4 Å². The Hall–Kier alpha value is -2.86. The van der Waals surface area contributed by atoms with Gasteiger partial charge in [-0.15, -0.1) is 10.2 Å². The quantitative estimate of drug-likeness (QED) is 0.406. The summed E-state index contributed by atoms with van der Waals surface area (Å²) in [5.74, 6) is 2.57. The van der Waals surface area contributed by atoms with Gasteiger partial charge in [0.25, 0.3) is 0 Å². The van der Waals surface area contributed by atoms with E-state index in [9.17, 15) is 0 Å². The first kappa shape index (κ1) is 18.5. The van der Waals surface area contributed by atoms with Gasteiger partial charge in [-0.3, -0.25) is 4.98 Å². The number of benzene rings is 2. The van der Waals surface area contributed by atoms with Gasteiger partial charge in [-0.25, -0.2) is 0 Å². The van der Waals surface area contributed by atoms with Crippen LogP contribution in [0.25, 0.3) is 10.9 Å². The largest absolute Gasteiger partial charge is 0.483 e. The number of ether oxygens (including phenoxy) is 1. The number of thioether (sulfide) groups is 1. The van der Waals surface area contributed by atoms with Crippen molar-refractivity contribution in [2.24, 2.45) is 0 Å². The number of rotatable bonds is 8. The average molecular weight is 391 g/mol. The Morgan fingerprint density at radius 3 is 2.68 bits per heavy atom. The number of nitrogens with zero attached hydrogens (tertiary/aromatic N) is 4. The topological polar surface area (TPSA) is 52.8 Å².